The van der Waals surface area contributed by atoms with Crippen LogP contribution in [0.25, 0.3) is 11.1 Å². The highest BCUT2D eigenvalue weighted by atomic mass is 32.2. The van der Waals surface area contributed by atoms with Gasteiger partial charge in [-0.2, -0.15) is 0 Å². The molecular weight excluding hydrogens is 325 g/mol. The van der Waals surface area contributed by atoms with Gasteiger partial charge in [0.2, 0.25) is 0 Å². The average Bonchev–Trinajstić information content (AvgIpc) is 2.58. The lowest BCUT2D eigenvalue weighted by atomic mass is 10.1. The van der Waals surface area contributed by atoms with E-state index in [9.17, 15) is 12.8 Å². The van der Waals surface area contributed by atoms with E-state index >= 15 is 0 Å². The highest BCUT2D eigenvalue weighted by Gasteiger charge is 2.16. The van der Waals surface area contributed by atoms with Crippen LogP contribution in [0, 0.1) is 12.7 Å². The van der Waals surface area contributed by atoms with Gasteiger partial charge in [-0.3, -0.25) is 4.72 Å². The van der Waals surface area contributed by atoms with E-state index in [4.69, 9.17) is 0 Å². The van der Waals surface area contributed by atoms with Crippen LogP contribution in [0.1, 0.15) is 5.56 Å². The van der Waals surface area contributed by atoms with E-state index in [1.54, 1.807) is 18.2 Å². The molecule has 0 spiro atoms. The first kappa shape index (κ1) is 16.2. The number of anilines is 1. The minimum atomic E-state index is -3.82. The van der Waals surface area contributed by atoms with Crippen LogP contribution in [0.3, 0.4) is 0 Å². The van der Waals surface area contributed by atoms with E-state index in [1.807, 2.05) is 37.3 Å². The van der Waals surface area contributed by atoms with Crippen molar-refractivity contribution in [2.75, 3.05) is 4.72 Å². The van der Waals surface area contributed by atoms with Gasteiger partial charge in [0.15, 0.2) is 0 Å². The number of hydrogen-bond donors (Lipinski definition) is 1. The van der Waals surface area contributed by atoms with Crippen molar-refractivity contribution >= 4 is 15.7 Å². The lowest BCUT2D eigenvalue weighted by molar-refractivity contribution is 0.598. The average molecular weight is 341 g/mol. The van der Waals surface area contributed by atoms with E-state index < -0.39 is 15.8 Å². The normalized spacial score (nSPS) is 11.2. The van der Waals surface area contributed by atoms with Crippen LogP contribution in [0.5, 0.6) is 0 Å². The Kier molecular flexibility index (Phi) is 4.36. The molecule has 3 rings (SSSR count). The van der Waals surface area contributed by atoms with E-state index in [-0.39, 0.29) is 10.6 Å². The molecule has 3 aromatic rings. The molecule has 0 aliphatic rings. The second kappa shape index (κ2) is 6.45. The number of sulfonamides is 1. The third-order valence-corrected chi connectivity index (χ3v) is 5.03. The lowest BCUT2D eigenvalue weighted by Crippen LogP contribution is -2.14. The molecule has 24 heavy (non-hydrogen) atoms. The fraction of sp³-hybridized carbons (Fsp3) is 0.0526. The molecule has 0 fully saturated rings. The van der Waals surface area contributed by atoms with Crippen LogP contribution in [-0.4, -0.2) is 8.42 Å². The molecule has 0 bridgehead atoms. The Bertz CT molecular complexity index is 952. The molecule has 0 amide bonds. The molecule has 0 unspecified atom stereocenters. The van der Waals surface area contributed by atoms with E-state index in [0.717, 1.165) is 11.1 Å². The van der Waals surface area contributed by atoms with Crippen LogP contribution >= 0.6 is 0 Å². The van der Waals surface area contributed by atoms with Gasteiger partial charge >= 0.3 is 0 Å². The summed E-state index contributed by atoms with van der Waals surface area (Å²) in [5.41, 5.74) is 2.43. The molecular formula is C19H16FNO2S. The lowest BCUT2D eigenvalue weighted by Gasteiger charge is -2.10. The van der Waals surface area contributed by atoms with Crippen molar-refractivity contribution in [2.24, 2.45) is 0 Å². The fourth-order valence-corrected chi connectivity index (χ4v) is 3.40. The summed E-state index contributed by atoms with van der Waals surface area (Å²) >= 11 is 0. The Morgan fingerprint density at radius 3 is 2.12 bits per heavy atom. The molecule has 0 heterocycles. The number of hydrogen-bond acceptors (Lipinski definition) is 2. The van der Waals surface area contributed by atoms with Crippen molar-refractivity contribution in [1.82, 2.24) is 0 Å². The molecule has 3 aromatic carbocycles. The summed E-state index contributed by atoms with van der Waals surface area (Å²) < 4.78 is 41.3. The van der Waals surface area contributed by atoms with Crippen LogP contribution in [0.2, 0.25) is 0 Å². The zero-order valence-electron chi connectivity index (χ0n) is 13.0. The van der Waals surface area contributed by atoms with Gasteiger partial charge in [0.25, 0.3) is 10.0 Å². The molecule has 0 aromatic heterocycles. The molecule has 1 N–H and O–H groups in total. The molecule has 0 saturated carbocycles. The first-order valence-corrected chi connectivity index (χ1v) is 8.88. The van der Waals surface area contributed by atoms with Gasteiger partial charge in [0.05, 0.1) is 10.6 Å². The van der Waals surface area contributed by atoms with Gasteiger partial charge in [0, 0.05) is 0 Å². The summed E-state index contributed by atoms with van der Waals surface area (Å²) in [6.45, 7) is 1.87. The minimum absolute atomic E-state index is 0.0738. The zero-order valence-corrected chi connectivity index (χ0v) is 13.8. The molecule has 0 aliphatic heterocycles. The summed E-state index contributed by atoms with van der Waals surface area (Å²) in [6, 6.07) is 20.2. The molecule has 0 saturated heterocycles. The summed E-state index contributed by atoms with van der Waals surface area (Å²) in [7, 11) is -3.82. The summed E-state index contributed by atoms with van der Waals surface area (Å²) in [5.74, 6) is -0.618. The monoisotopic (exact) mass is 341 g/mol. The first-order chi connectivity index (χ1) is 11.5. The third kappa shape index (κ3) is 3.46. The van der Waals surface area contributed by atoms with Crippen LogP contribution < -0.4 is 4.72 Å². The second-order valence-electron chi connectivity index (χ2n) is 5.48. The van der Waals surface area contributed by atoms with Gasteiger partial charge in [-0.25, -0.2) is 12.8 Å². The van der Waals surface area contributed by atoms with Crippen molar-refractivity contribution in [3.05, 3.63) is 84.2 Å². The van der Waals surface area contributed by atoms with Crippen LogP contribution in [-0.2, 0) is 10.0 Å². The Morgan fingerprint density at radius 1 is 0.833 bits per heavy atom. The Morgan fingerprint density at radius 2 is 1.50 bits per heavy atom. The topological polar surface area (TPSA) is 46.2 Å². The van der Waals surface area contributed by atoms with E-state index in [1.165, 1.54) is 24.3 Å². The molecule has 0 aliphatic carbocycles. The maximum Gasteiger partial charge on any atom is 0.261 e. The third-order valence-electron chi connectivity index (χ3n) is 3.65. The largest absolute Gasteiger partial charge is 0.277 e. The number of rotatable bonds is 4. The maximum atomic E-state index is 14.3. The SMILES string of the molecule is Cc1ccc(S(=O)(=O)Nc2ccc(-c3ccccc3)cc2F)cc1. The molecule has 3 nitrogen and oxygen atoms in total. The number of nitrogens with one attached hydrogen (secondary N) is 1. The summed E-state index contributed by atoms with van der Waals surface area (Å²) in [5, 5.41) is 0. The smallest absolute Gasteiger partial charge is 0.261 e. The number of aryl methyl sites for hydroxylation is 1. The van der Waals surface area contributed by atoms with Gasteiger partial charge in [-0.05, 0) is 42.3 Å². The molecule has 122 valence electrons. The van der Waals surface area contributed by atoms with Crippen LogP contribution in [0.4, 0.5) is 10.1 Å². The predicted molar refractivity (Wildman–Crippen MR) is 93.8 cm³/mol. The van der Waals surface area contributed by atoms with Crippen molar-refractivity contribution in [1.29, 1.82) is 0 Å². The second-order valence-corrected chi connectivity index (χ2v) is 7.16. The minimum Gasteiger partial charge on any atom is -0.277 e. The highest BCUT2D eigenvalue weighted by Crippen LogP contribution is 2.26. The molecule has 0 radical (unpaired) electrons. The van der Waals surface area contributed by atoms with Gasteiger partial charge < -0.3 is 0 Å². The molecule has 0 atom stereocenters. The fourth-order valence-electron chi connectivity index (χ4n) is 2.33. The Hall–Kier alpha value is -2.66. The van der Waals surface area contributed by atoms with E-state index in [2.05, 4.69) is 4.72 Å². The Balaban J connectivity index is 1.89. The van der Waals surface area contributed by atoms with Crippen LogP contribution in [0.15, 0.2) is 77.7 Å². The van der Waals surface area contributed by atoms with Gasteiger partial charge in [0.1, 0.15) is 5.82 Å². The molecule has 5 heteroatoms. The standard InChI is InChI=1S/C19H16FNO2S/c1-14-7-10-17(11-8-14)24(22,23)21-19-12-9-16(13-18(19)20)15-5-3-2-4-6-15/h2-13,21H,1H3. The van der Waals surface area contributed by atoms with Crippen molar-refractivity contribution < 1.29 is 12.8 Å². The van der Waals surface area contributed by atoms with Crippen molar-refractivity contribution in [3.63, 3.8) is 0 Å². The first-order valence-electron chi connectivity index (χ1n) is 7.40. The summed E-state index contributed by atoms with van der Waals surface area (Å²) in [4.78, 5) is 0.0969. The van der Waals surface area contributed by atoms with E-state index in [0.29, 0.717) is 5.56 Å². The summed E-state index contributed by atoms with van der Waals surface area (Å²) in [6.07, 6.45) is 0. The van der Waals surface area contributed by atoms with Crippen molar-refractivity contribution in [3.8, 4) is 11.1 Å². The van der Waals surface area contributed by atoms with Gasteiger partial charge in [-0.15, -0.1) is 0 Å². The van der Waals surface area contributed by atoms with Gasteiger partial charge in [-0.1, -0.05) is 54.1 Å². The number of benzene rings is 3. The maximum absolute atomic E-state index is 14.3. The predicted octanol–water partition coefficient (Wildman–Crippen LogP) is 4.60. The Labute approximate surface area is 140 Å². The highest BCUT2D eigenvalue weighted by molar-refractivity contribution is 7.92. The zero-order chi connectivity index (χ0) is 17.2. The quantitative estimate of drug-likeness (QED) is 0.754. The van der Waals surface area contributed by atoms with Crippen molar-refractivity contribution in [2.45, 2.75) is 11.8 Å². The number of halogens is 1.